The van der Waals surface area contributed by atoms with Gasteiger partial charge in [0, 0.05) is 0 Å². The summed E-state index contributed by atoms with van der Waals surface area (Å²) in [5.74, 6) is -1.55. The van der Waals surface area contributed by atoms with Crippen molar-refractivity contribution in [2.45, 2.75) is 88.9 Å². The van der Waals surface area contributed by atoms with Crippen molar-refractivity contribution in [3.63, 3.8) is 0 Å². The summed E-state index contributed by atoms with van der Waals surface area (Å²) < 4.78 is 20.5. The second kappa shape index (κ2) is 14.8. The van der Waals surface area contributed by atoms with Crippen molar-refractivity contribution in [2.75, 3.05) is 24.6 Å². The van der Waals surface area contributed by atoms with Gasteiger partial charge in [-0.2, -0.15) is 0 Å². The predicted molar refractivity (Wildman–Crippen MR) is 156 cm³/mol. The number of carboxylic acids is 1. The van der Waals surface area contributed by atoms with Crippen LogP contribution in [0.4, 0.5) is 0 Å². The zero-order valence-corrected chi connectivity index (χ0v) is 24.8. The molecule has 0 bridgehead atoms. The van der Waals surface area contributed by atoms with E-state index in [2.05, 4.69) is 27.7 Å². The van der Waals surface area contributed by atoms with Gasteiger partial charge in [0.1, 0.15) is 0 Å². The first-order valence-corrected chi connectivity index (χ1v) is 17.9. The Labute approximate surface area is 225 Å². The van der Waals surface area contributed by atoms with Crippen LogP contribution in [0.3, 0.4) is 0 Å². The average molecular weight is 549 g/mol. The molecule has 0 aliphatic carbocycles. The van der Waals surface area contributed by atoms with E-state index in [0.29, 0.717) is 4.90 Å². The van der Waals surface area contributed by atoms with Gasteiger partial charge in [-0.15, -0.1) is 0 Å². The number of benzene rings is 2. The third kappa shape index (κ3) is 7.97. The van der Waals surface area contributed by atoms with Crippen LogP contribution in [0.1, 0.15) is 99.8 Å². The van der Waals surface area contributed by atoms with Crippen LogP contribution in [0.15, 0.2) is 58.3 Å². The normalized spacial score (nSPS) is 13.5. The van der Waals surface area contributed by atoms with E-state index in [1.165, 1.54) is 6.07 Å². The third-order valence-corrected chi connectivity index (χ3v) is 15.3. The summed E-state index contributed by atoms with van der Waals surface area (Å²) in [6.07, 6.45) is 12.1. The van der Waals surface area contributed by atoms with Gasteiger partial charge < -0.3 is 0 Å². The summed E-state index contributed by atoms with van der Waals surface area (Å²) in [5.41, 5.74) is 0.247. The number of unbranched alkanes of at least 4 members (excludes halogenated alkanes) is 4. The van der Waals surface area contributed by atoms with Crippen molar-refractivity contribution in [3.8, 4) is 0 Å². The van der Waals surface area contributed by atoms with E-state index in [0.717, 1.165) is 76.0 Å². The summed E-state index contributed by atoms with van der Waals surface area (Å²) in [6, 6.07) is 13.1. The van der Waals surface area contributed by atoms with Gasteiger partial charge in [0.05, 0.1) is 0 Å². The van der Waals surface area contributed by atoms with Crippen molar-refractivity contribution in [3.05, 3.63) is 59.7 Å². The zero-order valence-electron chi connectivity index (χ0n) is 23.0. The fourth-order valence-electron chi connectivity index (χ4n) is 5.09. The van der Waals surface area contributed by atoms with E-state index in [1.807, 2.05) is 0 Å². The molecule has 0 spiro atoms. The second-order valence-electron chi connectivity index (χ2n) is 10.1. The van der Waals surface area contributed by atoms with Gasteiger partial charge in [0.2, 0.25) is 0 Å². The van der Waals surface area contributed by atoms with Gasteiger partial charge in [-0.3, -0.25) is 0 Å². The molecule has 1 unspecified atom stereocenters. The van der Waals surface area contributed by atoms with Crippen molar-refractivity contribution >= 4 is 29.6 Å². The molecule has 0 aliphatic rings. The molecule has 2 rings (SSSR count). The Hall–Kier alpha value is -2.04. The Morgan fingerprint density at radius 1 is 0.703 bits per heavy atom. The molecule has 37 heavy (non-hydrogen) atoms. The van der Waals surface area contributed by atoms with Crippen LogP contribution in [0.25, 0.3) is 0 Å². The number of aromatic carboxylic acids is 1. The standard InChI is InChI=1S/C30H45O5PS/c1-5-9-21-36(22-10-6-2,23-11-7-3,24-12-8-4)35-30(33)26-18-14-16-20-28(26)37(34)27-19-15-13-17-25(27)29(31)32/h13-20H,5-12,21-24H2,1-4H3,(H,31,32). The summed E-state index contributed by atoms with van der Waals surface area (Å²) in [5, 5.41) is 9.64. The molecular formula is C30H45O5PS. The number of hydrogen-bond donors (Lipinski definition) is 1. The molecule has 7 heteroatoms. The minimum atomic E-state index is -2.89. The maximum absolute atomic E-state index is 14.1. The molecule has 0 radical (unpaired) electrons. The van der Waals surface area contributed by atoms with E-state index in [1.54, 1.807) is 42.5 Å². The topological polar surface area (TPSA) is 80.7 Å². The van der Waals surface area contributed by atoms with Crippen molar-refractivity contribution in [2.24, 2.45) is 0 Å². The first kappa shape index (κ1) is 31.2. The van der Waals surface area contributed by atoms with Gasteiger partial charge in [0.25, 0.3) is 0 Å². The van der Waals surface area contributed by atoms with Crippen LogP contribution in [-0.4, -0.2) is 45.9 Å². The Morgan fingerprint density at radius 2 is 1.08 bits per heavy atom. The Balaban J connectivity index is 2.60. The van der Waals surface area contributed by atoms with Gasteiger partial charge in [0.15, 0.2) is 0 Å². The van der Waals surface area contributed by atoms with Crippen LogP contribution in [0, 0.1) is 0 Å². The van der Waals surface area contributed by atoms with Crippen molar-refractivity contribution < 1.29 is 23.4 Å². The fraction of sp³-hybridized carbons (Fsp3) is 0.533. The fourth-order valence-corrected chi connectivity index (χ4v) is 13.2. The predicted octanol–water partition coefficient (Wildman–Crippen LogP) is 8.38. The average Bonchev–Trinajstić information content (AvgIpc) is 2.92. The third-order valence-electron chi connectivity index (χ3n) is 7.27. The van der Waals surface area contributed by atoms with Gasteiger partial charge >= 0.3 is 226 Å². The molecule has 2 aromatic carbocycles. The number of carbonyl (C=O) groups is 2. The second-order valence-corrected chi connectivity index (χ2v) is 17.2. The Bertz CT molecular complexity index is 1020. The van der Waals surface area contributed by atoms with E-state index in [4.69, 9.17) is 4.52 Å². The SMILES string of the molecule is CCCCP(CCCC)(CCCC)(CCCC)OC(=O)c1ccccc1S(=O)c1ccccc1C(=O)O. The maximum atomic E-state index is 14.1. The van der Waals surface area contributed by atoms with E-state index in [9.17, 15) is 18.9 Å². The number of hydrogen-bond acceptors (Lipinski definition) is 4. The quantitative estimate of drug-likeness (QED) is 0.201. The van der Waals surface area contributed by atoms with Crippen LogP contribution in [0.2, 0.25) is 0 Å². The molecule has 206 valence electrons. The molecular weight excluding hydrogens is 503 g/mol. The Kier molecular flexibility index (Phi) is 12.5. The molecule has 2 aromatic rings. The molecule has 5 nitrogen and oxygen atoms in total. The summed E-state index contributed by atoms with van der Waals surface area (Å²) in [7, 11) is -1.84. The van der Waals surface area contributed by atoms with E-state index >= 15 is 0 Å². The number of carboxylic acid groups (broad SMARTS) is 1. The van der Waals surface area contributed by atoms with E-state index < -0.39 is 29.6 Å². The first-order valence-electron chi connectivity index (χ1n) is 13.8. The molecule has 0 saturated carbocycles. The summed E-state index contributed by atoms with van der Waals surface area (Å²) in [6.45, 7) is 5.85. The summed E-state index contributed by atoms with van der Waals surface area (Å²) >= 11 is 0. The van der Waals surface area contributed by atoms with Crippen LogP contribution in [0.5, 0.6) is 0 Å². The first-order chi connectivity index (χ1) is 17.8. The Morgan fingerprint density at radius 3 is 1.49 bits per heavy atom. The van der Waals surface area contributed by atoms with Gasteiger partial charge in [-0.1, -0.05) is 0 Å². The van der Waals surface area contributed by atoms with Gasteiger partial charge in [-0.05, 0) is 0 Å². The molecule has 0 fully saturated rings. The molecule has 0 aliphatic heterocycles. The summed E-state index contributed by atoms with van der Waals surface area (Å²) in [4.78, 5) is 26.3. The number of rotatable bonds is 17. The molecule has 1 N–H and O–H groups in total. The monoisotopic (exact) mass is 548 g/mol. The van der Waals surface area contributed by atoms with Crippen molar-refractivity contribution in [1.82, 2.24) is 0 Å². The molecule has 0 amide bonds. The van der Waals surface area contributed by atoms with Crippen LogP contribution < -0.4 is 0 Å². The van der Waals surface area contributed by atoms with Crippen LogP contribution >= 0.6 is 6.83 Å². The van der Waals surface area contributed by atoms with Crippen molar-refractivity contribution in [1.29, 1.82) is 0 Å². The molecule has 0 aromatic heterocycles. The molecule has 0 saturated heterocycles. The van der Waals surface area contributed by atoms with Crippen LogP contribution in [-0.2, 0) is 15.3 Å². The minimum absolute atomic E-state index is 0.0274. The molecule has 1 atom stereocenters. The van der Waals surface area contributed by atoms with Gasteiger partial charge in [-0.25, -0.2) is 0 Å². The molecule has 0 heterocycles. The zero-order chi connectivity index (χ0) is 27.3. The van der Waals surface area contributed by atoms with E-state index in [-0.39, 0.29) is 16.0 Å². The number of carbonyl (C=O) groups excluding carboxylic acids is 1.